The highest BCUT2D eigenvalue weighted by Gasteiger charge is 2.03. The van der Waals surface area contributed by atoms with Gasteiger partial charge in [0.15, 0.2) is 0 Å². The molecule has 0 bridgehead atoms. The molecule has 0 aliphatic rings. The smallest absolute Gasteiger partial charge is 0.248 e. The van der Waals surface area contributed by atoms with Crippen molar-refractivity contribution in [2.75, 3.05) is 5.32 Å². The number of benzene rings is 1. The largest absolute Gasteiger partial charge is 0.326 e. The molecule has 2 rings (SSSR count). The second kappa shape index (κ2) is 4.18. The minimum Gasteiger partial charge on any atom is -0.326 e. The molecule has 82 valence electrons. The summed E-state index contributed by atoms with van der Waals surface area (Å²) in [5.41, 5.74) is 1.88. The Kier molecular flexibility index (Phi) is 2.72. The predicted octanol–water partition coefficient (Wildman–Crippen LogP) is 1.26. The van der Waals surface area contributed by atoms with Crippen LogP contribution in [0.15, 0.2) is 43.0 Å². The van der Waals surface area contributed by atoms with E-state index in [0.29, 0.717) is 0 Å². The molecule has 1 aromatic carbocycles. The van der Waals surface area contributed by atoms with Crippen LogP contribution in [0.2, 0.25) is 0 Å². The van der Waals surface area contributed by atoms with Crippen molar-refractivity contribution in [3.63, 3.8) is 0 Å². The quantitative estimate of drug-likeness (QED) is 0.754. The van der Waals surface area contributed by atoms with Crippen molar-refractivity contribution in [3.8, 4) is 5.69 Å². The Morgan fingerprint density at radius 1 is 1.31 bits per heavy atom. The Labute approximate surface area is 94.1 Å². The summed E-state index contributed by atoms with van der Waals surface area (Å²) in [5, 5.41) is 2.74. The molecular formula is C12H14N3O+. The van der Waals surface area contributed by atoms with Crippen molar-refractivity contribution in [2.45, 2.75) is 6.92 Å². The van der Waals surface area contributed by atoms with Gasteiger partial charge in [-0.1, -0.05) is 0 Å². The second-order valence-corrected chi connectivity index (χ2v) is 3.71. The number of amides is 1. The van der Waals surface area contributed by atoms with E-state index >= 15 is 0 Å². The number of anilines is 1. The van der Waals surface area contributed by atoms with E-state index in [9.17, 15) is 4.79 Å². The number of aromatic nitrogens is 2. The number of nitrogens with zero attached hydrogens (tertiary/aromatic N) is 2. The molecule has 4 heteroatoms. The average Bonchev–Trinajstić information content (AvgIpc) is 2.65. The zero-order valence-electron chi connectivity index (χ0n) is 9.34. The molecule has 0 unspecified atom stereocenters. The first-order chi connectivity index (χ1) is 7.65. The van der Waals surface area contributed by atoms with E-state index < -0.39 is 0 Å². The van der Waals surface area contributed by atoms with E-state index in [2.05, 4.69) is 5.32 Å². The van der Waals surface area contributed by atoms with Gasteiger partial charge in [-0.2, -0.15) is 0 Å². The molecule has 1 heterocycles. The first-order valence-electron chi connectivity index (χ1n) is 5.06. The summed E-state index contributed by atoms with van der Waals surface area (Å²) < 4.78 is 3.99. The lowest BCUT2D eigenvalue weighted by Crippen LogP contribution is -2.23. The lowest BCUT2D eigenvalue weighted by molar-refractivity contribution is -0.670. The molecule has 0 atom stereocenters. The molecule has 4 nitrogen and oxygen atoms in total. The zero-order chi connectivity index (χ0) is 11.5. The third kappa shape index (κ3) is 2.28. The van der Waals surface area contributed by atoms with Gasteiger partial charge in [-0.3, -0.25) is 4.79 Å². The first kappa shape index (κ1) is 10.4. The summed E-state index contributed by atoms with van der Waals surface area (Å²) in [6, 6.07) is 7.70. The molecule has 2 aromatic rings. The zero-order valence-corrected chi connectivity index (χ0v) is 9.34. The van der Waals surface area contributed by atoms with E-state index in [1.54, 1.807) is 0 Å². The van der Waals surface area contributed by atoms with Gasteiger partial charge in [0.2, 0.25) is 12.2 Å². The van der Waals surface area contributed by atoms with Gasteiger partial charge in [0.25, 0.3) is 0 Å². The van der Waals surface area contributed by atoms with Gasteiger partial charge in [-0.25, -0.2) is 9.13 Å². The summed E-state index contributed by atoms with van der Waals surface area (Å²) in [6.07, 6.45) is 5.93. The molecular weight excluding hydrogens is 202 g/mol. The number of aryl methyl sites for hydroxylation is 1. The average molecular weight is 216 g/mol. The highest BCUT2D eigenvalue weighted by molar-refractivity contribution is 5.88. The maximum atomic E-state index is 10.9. The number of carbonyl (C=O) groups is 1. The summed E-state index contributed by atoms with van der Waals surface area (Å²) in [7, 11) is 1.97. The fourth-order valence-corrected chi connectivity index (χ4v) is 1.52. The van der Waals surface area contributed by atoms with Crippen LogP contribution in [0.25, 0.3) is 5.69 Å². The molecule has 0 aliphatic heterocycles. The first-order valence-corrected chi connectivity index (χ1v) is 5.06. The lowest BCUT2D eigenvalue weighted by atomic mass is 10.3. The van der Waals surface area contributed by atoms with Crippen molar-refractivity contribution < 1.29 is 9.36 Å². The van der Waals surface area contributed by atoms with Crippen LogP contribution in [0.4, 0.5) is 5.69 Å². The van der Waals surface area contributed by atoms with Crippen molar-refractivity contribution in [1.29, 1.82) is 0 Å². The van der Waals surface area contributed by atoms with Crippen LogP contribution >= 0.6 is 0 Å². The molecule has 0 aliphatic carbocycles. The second-order valence-electron chi connectivity index (χ2n) is 3.71. The lowest BCUT2D eigenvalue weighted by Gasteiger charge is -2.01. The number of nitrogens with one attached hydrogen (secondary N) is 1. The Hall–Kier alpha value is -2.10. The van der Waals surface area contributed by atoms with Gasteiger partial charge in [0.1, 0.15) is 18.1 Å². The van der Waals surface area contributed by atoms with E-state index in [1.165, 1.54) is 6.92 Å². The Morgan fingerprint density at radius 2 is 2.00 bits per heavy atom. The fraction of sp³-hybridized carbons (Fsp3) is 0.167. The Balaban J connectivity index is 2.22. The van der Waals surface area contributed by atoms with Crippen LogP contribution < -0.4 is 9.88 Å². The number of hydrogen-bond acceptors (Lipinski definition) is 1. The molecule has 0 saturated carbocycles. The highest BCUT2D eigenvalue weighted by atomic mass is 16.1. The molecule has 0 radical (unpaired) electrons. The summed E-state index contributed by atoms with van der Waals surface area (Å²) >= 11 is 0. The van der Waals surface area contributed by atoms with Crippen LogP contribution in [-0.4, -0.2) is 10.5 Å². The number of imidazole rings is 1. The third-order valence-corrected chi connectivity index (χ3v) is 2.25. The van der Waals surface area contributed by atoms with Crippen molar-refractivity contribution >= 4 is 11.6 Å². The van der Waals surface area contributed by atoms with E-state index in [0.717, 1.165) is 11.4 Å². The van der Waals surface area contributed by atoms with Crippen LogP contribution in [0.5, 0.6) is 0 Å². The minimum atomic E-state index is -0.0554. The molecule has 1 N–H and O–H groups in total. The molecule has 0 spiro atoms. The van der Waals surface area contributed by atoms with Crippen LogP contribution in [0, 0.1) is 0 Å². The molecule has 16 heavy (non-hydrogen) atoms. The number of hydrogen-bond donors (Lipinski definition) is 1. The number of carbonyl (C=O) groups excluding carboxylic acids is 1. The SMILES string of the molecule is CC(=O)Nc1ccc(-n2cc[n+](C)c2)cc1. The van der Waals surface area contributed by atoms with Crippen LogP contribution in [0.1, 0.15) is 6.92 Å². The van der Waals surface area contributed by atoms with Gasteiger partial charge in [0, 0.05) is 12.6 Å². The Morgan fingerprint density at radius 3 is 2.50 bits per heavy atom. The maximum absolute atomic E-state index is 10.9. The van der Waals surface area contributed by atoms with E-state index in [-0.39, 0.29) is 5.91 Å². The van der Waals surface area contributed by atoms with Crippen molar-refractivity contribution in [1.82, 2.24) is 4.57 Å². The summed E-state index contributed by atoms with van der Waals surface area (Å²) in [5.74, 6) is -0.0554. The van der Waals surface area contributed by atoms with Crippen LogP contribution in [0.3, 0.4) is 0 Å². The normalized spacial score (nSPS) is 10.1. The fourth-order valence-electron chi connectivity index (χ4n) is 1.52. The van der Waals surface area contributed by atoms with Gasteiger partial charge in [-0.15, -0.1) is 0 Å². The molecule has 0 fully saturated rings. The van der Waals surface area contributed by atoms with E-state index in [1.807, 2.05) is 59.2 Å². The molecule has 1 aromatic heterocycles. The highest BCUT2D eigenvalue weighted by Crippen LogP contribution is 2.12. The topological polar surface area (TPSA) is 37.9 Å². The summed E-state index contributed by atoms with van der Waals surface area (Å²) in [4.78, 5) is 10.9. The maximum Gasteiger partial charge on any atom is 0.248 e. The van der Waals surface area contributed by atoms with Gasteiger partial charge >= 0.3 is 0 Å². The predicted molar refractivity (Wildman–Crippen MR) is 61.2 cm³/mol. The monoisotopic (exact) mass is 216 g/mol. The standard InChI is InChI=1S/C12H13N3O/c1-10(16)13-11-3-5-12(6-4-11)15-8-7-14(2)9-15/h3-9H,1-2H3/p+1. The summed E-state index contributed by atoms with van der Waals surface area (Å²) in [6.45, 7) is 1.50. The van der Waals surface area contributed by atoms with Gasteiger partial charge in [0.05, 0.1) is 7.05 Å². The number of rotatable bonds is 2. The Bertz CT molecular complexity index is 499. The van der Waals surface area contributed by atoms with Gasteiger partial charge in [-0.05, 0) is 24.3 Å². The molecule has 1 amide bonds. The molecule has 0 saturated heterocycles. The third-order valence-electron chi connectivity index (χ3n) is 2.25. The minimum absolute atomic E-state index is 0.0554. The van der Waals surface area contributed by atoms with Gasteiger partial charge < -0.3 is 5.32 Å². The van der Waals surface area contributed by atoms with Crippen molar-refractivity contribution in [3.05, 3.63) is 43.0 Å². The van der Waals surface area contributed by atoms with Crippen LogP contribution in [-0.2, 0) is 11.8 Å². The van der Waals surface area contributed by atoms with Crippen molar-refractivity contribution in [2.24, 2.45) is 7.05 Å². The van der Waals surface area contributed by atoms with E-state index in [4.69, 9.17) is 0 Å².